The van der Waals surface area contributed by atoms with Gasteiger partial charge in [0.1, 0.15) is 6.54 Å². The molecule has 0 radical (unpaired) electrons. The lowest BCUT2D eigenvalue weighted by Gasteiger charge is -2.01. The van der Waals surface area contributed by atoms with Crippen LogP contribution in [0, 0.1) is 10.1 Å². The Morgan fingerprint density at radius 2 is 2.14 bits per heavy atom. The topological polar surface area (TPSA) is 128 Å². The largest absolute Gasteiger partial charge is 0.514 e. The molecule has 10 nitrogen and oxygen atoms in total. The van der Waals surface area contributed by atoms with Gasteiger partial charge in [-0.25, -0.2) is 5.43 Å². The molecule has 114 valence electrons. The molecular formula is C11H10BrN7O3. The summed E-state index contributed by atoms with van der Waals surface area (Å²) >= 11 is 3.28. The number of nitro groups is 1. The molecule has 0 spiro atoms. The SMILES string of the molecule is C/C(Cn1nnc([N+](=O)[O-])n1)=N\NC(=O)c1ccc(Br)cc1. The Morgan fingerprint density at radius 1 is 1.45 bits per heavy atom. The maximum Gasteiger partial charge on any atom is 0.514 e. The molecule has 0 aliphatic heterocycles. The van der Waals surface area contributed by atoms with E-state index in [1.807, 2.05) is 0 Å². The van der Waals surface area contributed by atoms with E-state index in [1.54, 1.807) is 31.2 Å². The second-order valence-corrected chi connectivity index (χ2v) is 5.09. The van der Waals surface area contributed by atoms with Crippen molar-refractivity contribution in [3.05, 3.63) is 44.4 Å². The highest BCUT2D eigenvalue weighted by atomic mass is 79.9. The van der Waals surface area contributed by atoms with Crippen LogP contribution in [-0.4, -0.2) is 36.7 Å². The number of hydrogen-bond donors (Lipinski definition) is 1. The Kier molecular flexibility index (Phi) is 4.88. The fourth-order valence-corrected chi connectivity index (χ4v) is 1.69. The van der Waals surface area contributed by atoms with Gasteiger partial charge in [-0.1, -0.05) is 20.7 Å². The summed E-state index contributed by atoms with van der Waals surface area (Å²) in [5, 5.41) is 24.6. The maximum atomic E-state index is 11.8. The van der Waals surface area contributed by atoms with Crippen LogP contribution < -0.4 is 5.43 Å². The van der Waals surface area contributed by atoms with Crippen LogP contribution in [0.25, 0.3) is 0 Å². The highest BCUT2D eigenvalue weighted by Gasteiger charge is 2.15. The molecule has 2 rings (SSSR count). The molecule has 0 bridgehead atoms. The molecule has 22 heavy (non-hydrogen) atoms. The van der Waals surface area contributed by atoms with Gasteiger partial charge in [0.2, 0.25) is 0 Å². The summed E-state index contributed by atoms with van der Waals surface area (Å²) in [5.41, 5.74) is 3.29. The molecule has 1 heterocycles. The average molecular weight is 368 g/mol. The average Bonchev–Trinajstić information content (AvgIpc) is 2.94. The van der Waals surface area contributed by atoms with Gasteiger partial charge in [0, 0.05) is 15.2 Å². The zero-order chi connectivity index (χ0) is 16.1. The van der Waals surface area contributed by atoms with Crippen molar-refractivity contribution in [1.29, 1.82) is 0 Å². The van der Waals surface area contributed by atoms with Gasteiger partial charge in [-0.2, -0.15) is 5.10 Å². The molecule has 1 N–H and O–H groups in total. The highest BCUT2D eigenvalue weighted by molar-refractivity contribution is 9.10. The van der Waals surface area contributed by atoms with E-state index in [2.05, 4.69) is 41.9 Å². The minimum atomic E-state index is -0.745. The number of carbonyl (C=O) groups is 1. The van der Waals surface area contributed by atoms with E-state index in [-0.39, 0.29) is 12.5 Å². The number of amides is 1. The lowest BCUT2D eigenvalue weighted by atomic mass is 10.2. The Labute approximate surface area is 132 Å². The monoisotopic (exact) mass is 367 g/mol. The molecule has 1 aromatic heterocycles. The fraction of sp³-hybridized carbons (Fsp3) is 0.182. The molecule has 0 unspecified atom stereocenters. The summed E-state index contributed by atoms with van der Waals surface area (Å²) in [4.78, 5) is 22.5. The first-order valence-corrected chi connectivity index (χ1v) is 6.76. The van der Waals surface area contributed by atoms with Crippen LogP contribution in [0.1, 0.15) is 17.3 Å². The first-order chi connectivity index (χ1) is 10.5. The van der Waals surface area contributed by atoms with Crippen LogP contribution in [0.5, 0.6) is 0 Å². The molecule has 1 aromatic carbocycles. The smallest absolute Gasteiger partial charge is 0.390 e. The first-order valence-electron chi connectivity index (χ1n) is 5.97. The number of benzene rings is 1. The van der Waals surface area contributed by atoms with Gasteiger partial charge in [-0.3, -0.25) is 4.79 Å². The zero-order valence-corrected chi connectivity index (χ0v) is 12.9. The van der Waals surface area contributed by atoms with Crippen LogP contribution in [-0.2, 0) is 6.54 Å². The van der Waals surface area contributed by atoms with E-state index < -0.39 is 10.9 Å². The van der Waals surface area contributed by atoms with Gasteiger partial charge >= 0.3 is 5.95 Å². The fourth-order valence-electron chi connectivity index (χ4n) is 1.43. The molecule has 2 aromatic rings. The normalized spacial score (nSPS) is 11.3. The minimum absolute atomic E-state index is 0.0709. The molecule has 0 aliphatic rings. The van der Waals surface area contributed by atoms with Gasteiger partial charge in [0.25, 0.3) is 5.91 Å². The Balaban J connectivity index is 1.95. The summed E-state index contributed by atoms with van der Waals surface area (Å²) < 4.78 is 0.864. The third kappa shape index (κ3) is 4.15. The van der Waals surface area contributed by atoms with Crippen molar-refractivity contribution in [2.45, 2.75) is 13.5 Å². The summed E-state index contributed by atoms with van der Waals surface area (Å²) in [6, 6.07) is 6.77. The third-order valence-corrected chi connectivity index (χ3v) is 2.96. The molecule has 11 heteroatoms. The highest BCUT2D eigenvalue weighted by Crippen LogP contribution is 2.10. The Morgan fingerprint density at radius 3 is 2.73 bits per heavy atom. The standard InChI is InChI=1S/C11H10BrN7O3/c1-7(6-18-16-11(15-17-18)19(21)22)13-14-10(20)8-2-4-9(12)5-3-8/h2-5H,6H2,1H3,(H,14,20)/b13-7+. The predicted molar refractivity (Wildman–Crippen MR) is 79.2 cm³/mol. The van der Waals surface area contributed by atoms with Crippen LogP contribution in [0.2, 0.25) is 0 Å². The number of nitrogens with zero attached hydrogens (tertiary/aromatic N) is 6. The molecule has 1 amide bonds. The van der Waals surface area contributed by atoms with E-state index in [9.17, 15) is 14.9 Å². The number of tetrazole rings is 1. The van der Waals surface area contributed by atoms with E-state index in [1.165, 1.54) is 0 Å². The summed E-state index contributed by atoms with van der Waals surface area (Å²) in [6.07, 6.45) is 0. The Bertz CT molecular complexity index is 726. The summed E-state index contributed by atoms with van der Waals surface area (Å²) in [7, 11) is 0. The number of carbonyl (C=O) groups excluding carboxylic acids is 1. The number of aromatic nitrogens is 4. The van der Waals surface area contributed by atoms with Crippen molar-refractivity contribution in [2.75, 3.05) is 0 Å². The van der Waals surface area contributed by atoms with Gasteiger partial charge in [-0.05, 0) is 36.1 Å². The van der Waals surface area contributed by atoms with Crippen molar-refractivity contribution in [2.24, 2.45) is 5.10 Å². The molecule has 0 atom stereocenters. The molecule has 0 aliphatic carbocycles. The van der Waals surface area contributed by atoms with Crippen LogP contribution in [0.15, 0.2) is 33.8 Å². The third-order valence-electron chi connectivity index (χ3n) is 2.43. The maximum absolute atomic E-state index is 11.8. The van der Waals surface area contributed by atoms with Gasteiger partial charge < -0.3 is 10.1 Å². The van der Waals surface area contributed by atoms with Crippen LogP contribution in [0.3, 0.4) is 0 Å². The van der Waals surface area contributed by atoms with E-state index in [0.717, 1.165) is 9.27 Å². The van der Waals surface area contributed by atoms with Gasteiger partial charge in [0.05, 0.1) is 15.9 Å². The molecular weight excluding hydrogens is 358 g/mol. The van der Waals surface area contributed by atoms with E-state index >= 15 is 0 Å². The minimum Gasteiger partial charge on any atom is -0.390 e. The van der Waals surface area contributed by atoms with Crippen molar-refractivity contribution in [3.8, 4) is 0 Å². The van der Waals surface area contributed by atoms with E-state index in [0.29, 0.717) is 11.3 Å². The van der Waals surface area contributed by atoms with Crippen LogP contribution in [0.4, 0.5) is 5.95 Å². The van der Waals surface area contributed by atoms with Crippen LogP contribution >= 0.6 is 15.9 Å². The zero-order valence-electron chi connectivity index (χ0n) is 11.3. The number of rotatable bonds is 5. The summed E-state index contributed by atoms with van der Waals surface area (Å²) in [5.74, 6) is -0.962. The number of hydrazone groups is 1. The lowest BCUT2D eigenvalue weighted by Crippen LogP contribution is -2.21. The molecule has 0 saturated heterocycles. The second-order valence-electron chi connectivity index (χ2n) is 4.17. The van der Waals surface area contributed by atoms with Crippen molar-refractivity contribution >= 4 is 33.5 Å². The van der Waals surface area contributed by atoms with Crippen molar-refractivity contribution < 1.29 is 9.72 Å². The lowest BCUT2D eigenvalue weighted by molar-refractivity contribution is -0.394. The first kappa shape index (κ1) is 15.7. The Hall–Kier alpha value is -2.69. The number of halogens is 1. The van der Waals surface area contributed by atoms with E-state index in [4.69, 9.17) is 0 Å². The number of hydrogen-bond acceptors (Lipinski definition) is 7. The van der Waals surface area contributed by atoms with Crippen molar-refractivity contribution in [3.63, 3.8) is 0 Å². The second kappa shape index (κ2) is 6.85. The summed E-state index contributed by atoms with van der Waals surface area (Å²) in [6.45, 7) is 1.69. The molecule has 0 fully saturated rings. The quantitative estimate of drug-likeness (QED) is 0.479. The van der Waals surface area contributed by atoms with Gasteiger partial charge in [0.15, 0.2) is 0 Å². The predicted octanol–water partition coefficient (Wildman–Crippen LogP) is 1.15. The molecule has 0 saturated carbocycles. The van der Waals surface area contributed by atoms with Crippen molar-refractivity contribution in [1.82, 2.24) is 25.6 Å². The number of nitrogens with one attached hydrogen (secondary N) is 1. The van der Waals surface area contributed by atoms with Gasteiger partial charge in [-0.15, -0.1) is 0 Å².